The first-order valence-corrected chi connectivity index (χ1v) is 6.65. The number of fused-ring (bicyclic) bond motifs is 1. The molecule has 2 aromatic carbocycles. The number of aliphatic hydroxyl groups excluding tert-OH is 1. The minimum absolute atomic E-state index is 0.0928. The largest absolute Gasteiger partial charge is 0.496 e. The Kier molecular flexibility index (Phi) is 3.40. The highest BCUT2D eigenvalue weighted by atomic mass is 16.5. The Morgan fingerprint density at radius 2 is 2.05 bits per heavy atom. The summed E-state index contributed by atoms with van der Waals surface area (Å²) in [5.41, 5.74) is 1.05. The van der Waals surface area contributed by atoms with E-state index in [1.165, 1.54) is 5.39 Å². The quantitative estimate of drug-likeness (QED) is 0.899. The van der Waals surface area contributed by atoms with E-state index in [2.05, 4.69) is 18.2 Å². The van der Waals surface area contributed by atoms with Crippen LogP contribution < -0.4 is 4.74 Å². The van der Waals surface area contributed by atoms with Gasteiger partial charge in [0.25, 0.3) is 0 Å². The molecule has 1 saturated heterocycles. The summed E-state index contributed by atoms with van der Waals surface area (Å²) in [6.45, 7) is 0.595. The maximum atomic E-state index is 9.86. The third-order valence-corrected chi connectivity index (χ3v) is 3.73. The Hall–Kier alpha value is -1.58. The number of ether oxygens (including phenoxy) is 2. The Morgan fingerprint density at radius 3 is 2.84 bits per heavy atom. The van der Waals surface area contributed by atoms with Crippen LogP contribution in [0.3, 0.4) is 0 Å². The summed E-state index contributed by atoms with van der Waals surface area (Å²) in [5.74, 6) is 0.831. The van der Waals surface area contributed by atoms with Gasteiger partial charge in [0.1, 0.15) is 5.75 Å². The van der Waals surface area contributed by atoms with Crippen LogP contribution in [0.4, 0.5) is 0 Å². The Balaban J connectivity index is 2.13. The van der Waals surface area contributed by atoms with Crippen molar-refractivity contribution < 1.29 is 14.6 Å². The zero-order valence-electron chi connectivity index (χ0n) is 11.0. The molecule has 3 heteroatoms. The van der Waals surface area contributed by atoms with Crippen molar-refractivity contribution in [1.29, 1.82) is 0 Å². The van der Waals surface area contributed by atoms with Gasteiger partial charge >= 0.3 is 0 Å². The summed E-state index contributed by atoms with van der Waals surface area (Å²) in [6, 6.07) is 12.2. The van der Waals surface area contributed by atoms with Crippen molar-refractivity contribution >= 4 is 10.8 Å². The molecule has 19 heavy (non-hydrogen) atoms. The molecule has 0 spiro atoms. The van der Waals surface area contributed by atoms with Gasteiger partial charge in [0.15, 0.2) is 0 Å². The van der Waals surface area contributed by atoms with E-state index in [-0.39, 0.29) is 12.2 Å². The molecule has 100 valence electrons. The van der Waals surface area contributed by atoms with E-state index < -0.39 is 0 Å². The van der Waals surface area contributed by atoms with Crippen LogP contribution in [-0.2, 0) is 4.74 Å². The summed E-state index contributed by atoms with van der Waals surface area (Å²) in [4.78, 5) is 0. The van der Waals surface area contributed by atoms with Crippen LogP contribution in [0, 0.1) is 0 Å². The molecule has 2 aromatic rings. The number of hydrogen-bond acceptors (Lipinski definition) is 3. The fraction of sp³-hybridized carbons (Fsp3) is 0.375. The van der Waals surface area contributed by atoms with Crippen LogP contribution in [0.25, 0.3) is 10.8 Å². The van der Waals surface area contributed by atoms with Crippen LogP contribution in [0.2, 0.25) is 0 Å². The van der Waals surface area contributed by atoms with E-state index in [4.69, 9.17) is 9.47 Å². The molecule has 0 aromatic heterocycles. The summed E-state index contributed by atoms with van der Waals surface area (Å²) >= 11 is 0. The molecule has 0 amide bonds. The van der Waals surface area contributed by atoms with E-state index in [1.54, 1.807) is 7.11 Å². The number of benzene rings is 2. The van der Waals surface area contributed by atoms with Gasteiger partial charge in [-0.05, 0) is 23.3 Å². The first kappa shape index (κ1) is 12.5. The lowest BCUT2D eigenvalue weighted by Crippen LogP contribution is -2.23. The molecular weight excluding hydrogens is 240 g/mol. The predicted molar refractivity (Wildman–Crippen MR) is 74.4 cm³/mol. The van der Waals surface area contributed by atoms with Crippen molar-refractivity contribution in [2.75, 3.05) is 13.7 Å². The van der Waals surface area contributed by atoms with Crippen molar-refractivity contribution in [2.24, 2.45) is 0 Å². The van der Waals surface area contributed by atoms with Gasteiger partial charge in [-0.25, -0.2) is 0 Å². The fourth-order valence-electron chi connectivity index (χ4n) is 2.77. The minimum Gasteiger partial charge on any atom is -0.496 e. The van der Waals surface area contributed by atoms with E-state index in [0.29, 0.717) is 19.4 Å². The lowest BCUT2D eigenvalue weighted by molar-refractivity contribution is -0.0448. The number of aliphatic hydroxyl groups is 1. The highest BCUT2D eigenvalue weighted by Gasteiger charge is 2.26. The molecule has 1 aliphatic heterocycles. The van der Waals surface area contributed by atoms with Crippen molar-refractivity contribution in [2.45, 2.75) is 25.0 Å². The molecule has 1 fully saturated rings. The third kappa shape index (κ3) is 2.31. The van der Waals surface area contributed by atoms with Crippen LogP contribution in [0.1, 0.15) is 24.5 Å². The molecule has 3 rings (SSSR count). The molecule has 0 saturated carbocycles. The zero-order chi connectivity index (χ0) is 13.2. The Morgan fingerprint density at radius 1 is 1.21 bits per heavy atom. The second kappa shape index (κ2) is 5.19. The second-order valence-electron chi connectivity index (χ2n) is 4.94. The van der Waals surface area contributed by atoms with Crippen LogP contribution in [0.15, 0.2) is 36.4 Å². The van der Waals surface area contributed by atoms with Gasteiger partial charge < -0.3 is 14.6 Å². The lowest BCUT2D eigenvalue weighted by Gasteiger charge is -2.28. The van der Waals surface area contributed by atoms with Gasteiger partial charge in [-0.3, -0.25) is 0 Å². The zero-order valence-corrected chi connectivity index (χ0v) is 11.0. The van der Waals surface area contributed by atoms with Crippen molar-refractivity contribution in [1.82, 2.24) is 0 Å². The van der Waals surface area contributed by atoms with Crippen LogP contribution in [0.5, 0.6) is 5.75 Å². The molecule has 2 unspecified atom stereocenters. The molecule has 0 bridgehead atoms. The maximum Gasteiger partial charge on any atom is 0.125 e. The lowest BCUT2D eigenvalue weighted by atomic mass is 9.94. The topological polar surface area (TPSA) is 38.7 Å². The van der Waals surface area contributed by atoms with Gasteiger partial charge in [-0.15, -0.1) is 0 Å². The summed E-state index contributed by atoms with van der Waals surface area (Å²) in [7, 11) is 1.67. The molecule has 2 atom stereocenters. The number of methoxy groups -OCH3 is 1. The standard InChI is InChI=1S/C16H18O3/c1-18-14-7-6-11-4-2-3-5-13(11)16(14)15-10-12(17)8-9-19-15/h2-7,12,15,17H,8-10H2,1H3. The van der Waals surface area contributed by atoms with E-state index in [1.807, 2.05) is 18.2 Å². The average molecular weight is 258 g/mol. The highest BCUT2D eigenvalue weighted by Crippen LogP contribution is 2.38. The van der Waals surface area contributed by atoms with E-state index in [9.17, 15) is 5.11 Å². The van der Waals surface area contributed by atoms with Gasteiger partial charge in [0.05, 0.1) is 19.3 Å². The summed E-state index contributed by atoms with van der Waals surface area (Å²) in [5, 5.41) is 12.2. The maximum absolute atomic E-state index is 9.86. The van der Waals surface area contributed by atoms with Gasteiger partial charge in [0.2, 0.25) is 0 Å². The molecule has 1 N–H and O–H groups in total. The molecular formula is C16H18O3. The normalized spacial score (nSPS) is 23.5. The molecule has 1 aliphatic rings. The Bertz CT molecular complexity index is 579. The number of hydrogen-bond donors (Lipinski definition) is 1. The van der Waals surface area contributed by atoms with Crippen molar-refractivity contribution in [3.8, 4) is 5.75 Å². The van der Waals surface area contributed by atoms with E-state index in [0.717, 1.165) is 16.7 Å². The van der Waals surface area contributed by atoms with Crippen LogP contribution in [-0.4, -0.2) is 24.9 Å². The Labute approximate surface area is 112 Å². The molecule has 0 aliphatic carbocycles. The predicted octanol–water partition coefficient (Wildman–Crippen LogP) is 3.06. The van der Waals surface area contributed by atoms with Gasteiger partial charge in [-0.1, -0.05) is 30.3 Å². The summed E-state index contributed by atoms with van der Waals surface area (Å²) < 4.78 is 11.3. The first-order valence-electron chi connectivity index (χ1n) is 6.65. The molecule has 3 nitrogen and oxygen atoms in total. The van der Waals surface area contributed by atoms with Gasteiger partial charge in [0, 0.05) is 18.6 Å². The van der Waals surface area contributed by atoms with Crippen molar-refractivity contribution in [3.05, 3.63) is 42.0 Å². The highest BCUT2D eigenvalue weighted by molar-refractivity contribution is 5.88. The SMILES string of the molecule is COc1ccc2ccccc2c1C1CC(O)CCO1. The van der Waals surface area contributed by atoms with E-state index >= 15 is 0 Å². The monoisotopic (exact) mass is 258 g/mol. The fourth-order valence-corrected chi connectivity index (χ4v) is 2.77. The van der Waals surface area contributed by atoms with Gasteiger partial charge in [-0.2, -0.15) is 0 Å². The molecule has 0 radical (unpaired) electrons. The smallest absolute Gasteiger partial charge is 0.125 e. The average Bonchev–Trinajstić information content (AvgIpc) is 2.46. The summed E-state index contributed by atoms with van der Waals surface area (Å²) in [6.07, 6.45) is 0.959. The second-order valence-corrected chi connectivity index (χ2v) is 4.94. The first-order chi connectivity index (χ1) is 9.29. The minimum atomic E-state index is -0.289. The third-order valence-electron chi connectivity index (χ3n) is 3.73. The molecule has 1 heterocycles. The number of rotatable bonds is 2. The van der Waals surface area contributed by atoms with Crippen LogP contribution >= 0.6 is 0 Å². The van der Waals surface area contributed by atoms with Crippen molar-refractivity contribution in [3.63, 3.8) is 0 Å².